The molecule has 1 aliphatic rings. The van der Waals surface area contributed by atoms with Crippen molar-refractivity contribution in [2.45, 2.75) is 6.54 Å². The second-order valence-corrected chi connectivity index (χ2v) is 9.28. The van der Waals surface area contributed by atoms with E-state index >= 15 is 0 Å². The fourth-order valence-electron chi connectivity index (χ4n) is 3.69. The molecular weight excluding hydrogens is 474 g/mol. The largest absolute Gasteiger partial charge is 0.370 e. The first-order valence-electron chi connectivity index (χ1n) is 10.6. The summed E-state index contributed by atoms with van der Waals surface area (Å²) in [6, 6.07) is 14.9. The monoisotopic (exact) mass is 493 g/mol. The molecule has 1 fully saturated rings. The summed E-state index contributed by atoms with van der Waals surface area (Å²) in [5.74, 6) is 0.448. The normalized spacial score (nSPS) is 13.8. The van der Waals surface area contributed by atoms with Crippen LogP contribution < -0.4 is 10.2 Å². The smallest absolute Gasteiger partial charge is 0.261 e. The molecular formula is C24H20ClN5O3S. The third kappa shape index (κ3) is 4.72. The Morgan fingerprint density at radius 1 is 1.15 bits per heavy atom. The fraction of sp³-hybridized carbons (Fsp3) is 0.167. The number of aromatic nitrogens is 3. The third-order valence-electron chi connectivity index (χ3n) is 5.33. The number of nitrogens with one attached hydrogen (secondary N) is 1. The van der Waals surface area contributed by atoms with Gasteiger partial charge in [-0.1, -0.05) is 11.6 Å². The quantitative estimate of drug-likeness (QED) is 0.439. The lowest BCUT2D eigenvalue weighted by atomic mass is 10.2. The van der Waals surface area contributed by atoms with E-state index in [-0.39, 0.29) is 25.0 Å². The summed E-state index contributed by atoms with van der Waals surface area (Å²) in [6.07, 6.45) is 5.34. The van der Waals surface area contributed by atoms with Crippen molar-refractivity contribution in [1.82, 2.24) is 19.9 Å². The number of halogens is 1. The minimum absolute atomic E-state index is 0.0530. The van der Waals surface area contributed by atoms with E-state index < -0.39 is 0 Å². The van der Waals surface area contributed by atoms with E-state index in [1.54, 1.807) is 29.4 Å². The topological polar surface area (TPSA) is 89.4 Å². The number of benzene rings is 1. The van der Waals surface area contributed by atoms with Gasteiger partial charge >= 0.3 is 0 Å². The van der Waals surface area contributed by atoms with E-state index in [1.165, 1.54) is 11.3 Å². The molecule has 0 aliphatic carbocycles. The van der Waals surface area contributed by atoms with Crippen LogP contribution in [0.2, 0.25) is 4.34 Å². The van der Waals surface area contributed by atoms with Gasteiger partial charge in [0.05, 0.1) is 28.1 Å². The fourth-order valence-corrected chi connectivity index (χ4v) is 4.65. The molecule has 34 heavy (non-hydrogen) atoms. The van der Waals surface area contributed by atoms with Gasteiger partial charge in [-0.15, -0.1) is 11.3 Å². The SMILES string of the molecule is O=C(NCc1cn(-c2ccc(N3CCOCC3=O)cc2)c(-c2cccnc2)n1)c1ccc(Cl)s1. The molecule has 5 rings (SSSR count). The third-order valence-corrected chi connectivity index (χ3v) is 6.56. The van der Waals surface area contributed by atoms with E-state index in [4.69, 9.17) is 21.3 Å². The Labute approximate surface area is 204 Å². The van der Waals surface area contributed by atoms with Gasteiger partial charge in [0.15, 0.2) is 0 Å². The molecule has 1 aliphatic heterocycles. The van der Waals surface area contributed by atoms with Gasteiger partial charge in [0.25, 0.3) is 11.8 Å². The number of ether oxygens (including phenoxy) is 1. The van der Waals surface area contributed by atoms with Crippen molar-refractivity contribution >= 4 is 40.4 Å². The Morgan fingerprint density at radius 2 is 1.97 bits per heavy atom. The van der Waals surface area contributed by atoms with Crippen LogP contribution in [0.3, 0.4) is 0 Å². The predicted molar refractivity (Wildman–Crippen MR) is 130 cm³/mol. The lowest BCUT2D eigenvalue weighted by Crippen LogP contribution is -2.41. The van der Waals surface area contributed by atoms with Gasteiger partial charge in [0, 0.05) is 42.1 Å². The van der Waals surface area contributed by atoms with Gasteiger partial charge in [-0.05, 0) is 48.5 Å². The molecule has 8 nitrogen and oxygen atoms in total. The Hall–Kier alpha value is -3.53. The summed E-state index contributed by atoms with van der Waals surface area (Å²) >= 11 is 7.17. The number of carbonyl (C=O) groups excluding carboxylic acids is 2. The highest BCUT2D eigenvalue weighted by atomic mass is 35.5. The lowest BCUT2D eigenvalue weighted by Gasteiger charge is -2.27. The summed E-state index contributed by atoms with van der Waals surface area (Å²) in [4.78, 5) is 35.8. The highest BCUT2D eigenvalue weighted by Gasteiger charge is 2.20. The molecule has 1 N–H and O–H groups in total. The second kappa shape index (κ2) is 9.76. The molecule has 0 spiro atoms. The zero-order chi connectivity index (χ0) is 23.5. The predicted octanol–water partition coefficient (Wildman–Crippen LogP) is 3.94. The van der Waals surface area contributed by atoms with Crippen molar-refractivity contribution in [2.75, 3.05) is 24.7 Å². The molecule has 172 valence electrons. The van der Waals surface area contributed by atoms with Gasteiger partial charge in [-0.25, -0.2) is 4.98 Å². The summed E-state index contributed by atoms with van der Waals surface area (Å²) in [5.41, 5.74) is 3.24. The Bertz CT molecular complexity index is 1320. The van der Waals surface area contributed by atoms with Crippen LogP contribution >= 0.6 is 22.9 Å². The number of rotatable bonds is 6. The number of anilines is 1. The first kappa shape index (κ1) is 22.3. The molecule has 0 atom stereocenters. The van der Waals surface area contributed by atoms with E-state index in [1.807, 2.05) is 47.2 Å². The zero-order valence-corrected chi connectivity index (χ0v) is 19.6. The molecule has 4 aromatic rings. The minimum Gasteiger partial charge on any atom is -0.370 e. The minimum atomic E-state index is -0.200. The maximum absolute atomic E-state index is 12.4. The summed E-state index contributed by atoms with van der Waals surface area (Å²) in [5, 5.41) is 2.89. The highest BCUT2D eigenvalue weighted by Crippen LogP contribution is 2.26. The van der Waals surface area contributed by atoms with Crippen LogP contribution in [0.4, 0.5) is 5.69 Å². The Morgan fingerprint density at radius 3 is 2.68 bits per heavy atom. The number of carbonyl (C=O) groups is 2. The van der Waals surface area contributed by atoms with Gasteiger partial charge < -0.3 is 15.0 Å². The van der Waals surface area contributed by atoms with Gasteiger partial charge in [0.1, 0.15) is 12.4 Å². The summed E-state index contributed by atoms with van der Waals surface area (Å²) in [7, 11) is 0. The van der Waals surface area contributed by atoms with E-state index in [0.717, 1.165) is 16.9 Å². The maximum atomic E-state index is 12.4. The molecule has 1 saturated heterocycles. The number of hydrogen-bond donors (Lipinski definition) is 1. The van der Waals surface area contributed by atoms with Crippen molar-refractivity contribution in [3.8, 4) is 17.1 Å². The molecule has 4 heterocycles. The van der Waals surface area contributed by atoms with Crippen LogP contribution in [-0.4, -0.2) is 46.1 Å². The van der Waals surface area contributed by atoms with Crippen LogP contribution in [-0.2, 0) is 16.1 Å². The standard InChI is InChI=1S/C24H20ClN5O3S/c25-21-8-7-20(34-21)24(32)27-13-17-14-30(23(28-17)16-2-1-9-26-12-16)19-5-3-18(4-6-19)29-10-11-33-15-22(29)31/h1-9,12,14H,10-11,13,15H2,(H,27,32). The number of nitrogens with zero attached hydrogens (tertiary/aromatic N) is 4. The number of hydrogen-bond acceptors (Lipinski definition) is 6. The highest BCUT2D eigenvalue weighted by molar-refractivity contribution is 7.18. The number of morpholine rings is 1. The van der Waals surface area contributed by atoms with E-state index in [9.17, 15) is 9.59 Å². The van der Waals surface area contributed by atoms with Gasteiger partial charge in [-0.3, -0.25) is 19.1 Å². The van der Waals surface area contributed by atoms with Crippen LogP contribution in [0.15, 0.2) is 67.1 Å². The molecule has 0 bridgehead atoms. The van der Waals surface area contributed by atoms with Crippen LogP contribution in [0, 0.1) is 0 Å². The zero-order valence-electron chi connectivity index (χ0n) is 18.0. The van der Waals surface area contributed by atoms with Gasteiger partial charge in [0.2, 0.25) is 0 Å². The van der Waals surface area contributed by atoms with Crippen molar-refractivity contribution < 1.29 is 14.3 Å². The van der Waals surface area contributed by atoms with Crippen molar-refractivity contribution in [1.29, 1.82) is 0 Å². The maximum Gasteiger partial charge on any atom is 0.261 e. The van der Waals surface area contributed by atoms with Crippen LogP contribution in [0.1, 0.15) is 15.4 Å². The van der Waals surface area contributed by atoms with E-state index in [2.05, 4.69) is 10.3 Å². The van der Waals surface area contributed by atoms with E-state index in [0.29, 0.717) is 33.9 Å². The molecule has 0 saturated carbocycles. The Balaban J connectivity index is 1.42. The van der Waals surface area contributed by atoms with Crippen molar-refractivity contribution in [3.05, 3.63) is 82.0 Å². The molecule has 10 heteroatoms. The first-order valence-corrected chi connectivity index (χ1v) is 11.8. The first-order chi connectivity index (χ1) is 16.6. The molecule has 3 aromatic heterocycles. The molecule has 2 amide bonds. The number of imidazole rings is 1. The molecule has 0 unspecified atom stereocenters. The Kier molecular flexibility index (Phi) is 6.39. The summed E-state index contributed by atoms with van der Waals surface area (Å²) in [6.45, 7) is 1.41. The second-order valence-electron chi connectivity index (χ2n) is 7.57. The molecule has 0 radical (unpaired) electrons. The number of thiophene rings is 1. The van der Waals surface area contributed by atoms with Gasteiger partial charge in [-0.2, -0.15) is 0 Å². The molecule has 1 aromatic carbocycles. The van der Waals surface area contributed by atoms with Crippen LogP contribution in [0.25, 0.3) is 17.1 Å². The average Bonchev–Trinajstić information content (AvgIpc) is 3.50. The van der Waals surface area contributed by atoms with Crippen LogP contribution in [0.5, 0.6) is 0 Å². The van der Waals surface area contributed by atoms with Crippen molar-refractivity contribution in [2.24, 2.45) is 0 Å². The number of amides is 2. The summed E-state index contributed by atoms with van der Waals surface area (Å²) < 4.78 is 7.73. The lowest BCUT2D eigenvalue weighted by molar-refractivity contribution is -0.125. The average molecular weight is 494 g/mol. The van der Waals surface area contributed by atoms with Crippen molar-refractivity contribution in [3.63, 3.8) is 0 Å². The number of pyridine rings is 1.